The summed E-state index contributed by atoms with van der Waals surface area (Å²) in [6.45, 7) is 9.20. The van der Waals surface area contributed by atoms with Crippen molar-refractivity contribution in [3.05, 3.63) is 11.3 Å². The highest BCUT2D eigenvalue weighted by atomic mass is 16.5. The van der Waals surface area contributed by atoms with Gasteiger partial charge in [0.2, 0.25) is 0 Å². The fourth-order valence-corrected chi connectivity index (χ4v) is 4.79. The highest BCUT2D eigenvalue weighted by Gasteiger charge is 2.35. The Bertz CT molecular complexity index is 566. The van der Waals surface area contributed by atoms with Crippen molar-refractivity contribution in [2.45, 2.75) is 51.2 Å². The number of nitrogens with zero attached hydrogens (tertiary/aromatic N) is 4. The van der Waals surface area contributed by atoms with Crippen molar-refractivity contribution >= 4 is 5.82 Å². The van der Waals surface area contributed by atoms with Crippen LogP contribution in [0.3, 0.4) is 0 Å². The quantitative estimate of drug-likeness (QED) is 0.899. The number of rotatable bonds is 4. The van der Waals surface area contributed by atoms with E-state index in [1.165, 1.54) is 50.2 Å². The van der Waals surface area contributed by atoms with Gasteiger partial charge in [-0.05, 0) is 32.7 Å². The minimum Gasteiger partial charge on any atom is -0.378 e. The minimum atomic E-state index is 0.641. The number of fused-ring (bicyclic) bond motifs is 1. The SMILES string of the molecule is Cc1nn(C)c(N2CCOCC2)c1CN[C@@H]1CCN2CCCC[C@H]12. The van der Waals surface area contributed by atoms with Gasteiger partial charge in [-0.2, -0.15) is 5.10 Å². The van der Waals surface area contributed by atoms with Crippen molar-refractivity contribution < 1.29 is 4.74 Å². The molecule has 4 rings (SSSR count). The van der Waals surface area contributed by atoms with E-state index in [0.29, 0.717) is 6.04 Å². The molecule has 24 heavy (non-hydrogen) atoms. The molecule has 0 unspecified atom stereocenters. The van der Waals surface area contributed by atoms with Crippen LogP contribution in [0.1, 0.15) is 36.9 Å². The van der Waals surface area contributed by atoms with Crippen molar-refractivity contribution in [3.63, 3.8) is 0 Å². The van der Waals surface area contributed by atoms with Gasteiger partial charge < -0.3 is 15.0 Å². The standard InChI is InChI=1S/C18H31N5O/c1-14-15(18(21(2)20-14)23-9-11-24-12-10-23)13-19-16-6-8-22-7-4-3-5-17(16)22/h16-17,19H,3-13H2,1-2H3/t16-,17-/m1/s1. The largest absolute Gasteiger partial charge is 0.378 e. The van der Waals surface area contributed by atoms with E-state index in [1.807, 2.05) is 0 Å². The maximum Gasteiger partial charge on any atom is 0.131 e. The van der Waals surface area contributed by atoms with Gasteiger partial charge in [0, 0.05) is 50.9 Å². The lowest BCUT2D eigenvalue weighted by Crippen LogP contribution is -2.45. The van der Waals surface area contributed by atoms with Gasteiger partial charge in [-0.15, -0.1) is 0 Å². The molecule has 0 bridgehead atoms. The van der Waals surface area contributed by atoms with Crippen LogP contribution in [0.25, 0.3) is 0 Å². The molecule has 6 heteroatoms. The van der Waals surface area contributed by atoms with Crippen LogP contribution in [0.4, 0.5) is 5.82 Å². The average Bonchev–Trinajstić information content (AvgIpc) is 3.14. The molecule has 0 aromatic carbocycles. The van der Waals surface area contributed by atoms with Crippen LogP contribution in [0.15, 0.2) is 0 Å². The molecule has 0 saturated carbocycles. The zero-order valence-electron chi connectivity index (χ0n) is 15.1. The van der Waals surface area contributed by atoms with Gasteiger partial charge in [0.25, 0.3) is 0 Å². The minimum absolute atomic E-state index is 0.641. The number of hydrogen-bond acceptors (Lipinski definition) is 5. The maximum absolute atomic E-state index is 5.52. The van der Waals surface area contributed by atoms with Gasteiger partial charge in [0.05, 0.1) is 18.9 Å². The van der Waals surface area contributed by atoms with Crippen LogP contribution in [0.2, 0.25) is 0 Å². The molecule has 1 N–H and O–H groups in total. The van der Waals surface area contributed by atoms with Crippen molar-refractivity contribution in [1.29, 1.82) is 0 Å². The van der Waals surface area contributed by atoms with Crippen molar-refractivity contribution in [2.24, 2.45) is 7.05 Å². The Kier molecular flexibility index (Phi) is 4.79. The molecule has 0 radical (unpaired) electrons. The van der Waals surface area contributed by atoms with Gasteiger partial charge in [-0.3, -0.25) is 9.58 Å². The molecule has 1 aromatic rings. The highest BCUT2D eigenvalue weighted by Crippen LogP contribution is 2.29. The molecular formula is C18H31N5O. The lowest BCUT2D eigenvalue weighted by atomic mass is 9.99. The van der Waals surface area contributed by atoms with E-state index in [4.69, 9.17) is 9.84 Å². The molecule has 3 aliphatic heterocycles. The molecule has 0 aliphatic carbocycles. The summed E-state index contributed by atoms with van der Waals surface area (Å²) in [7, 11) is 2.07. The Morgan fingerprint density at radius 3 is 2.79 bits per heavy atom. The monoisotopic (exact) mass is 333 g/mol. The van der Waals surface area contributed by atoms with E-state index >= 15 is 0 Å². The van der Waals surface area contributed by atoms with E-state index in [2.05, 4.69) is 33.8 Å². The first-order chi connectivity index (χ1) is 11.7. The Morgan fingerprint density at radius 2 is 1.96 bits per heavy atom. The second kappa shape index (κ2) is 7.02. The summed E-state index contributed by atoms with van der Waals surface area (Å²) < 4.78 is 7.57. The van der Waals surface area contributed by atoms with Crippen LogP contribution < -0.4 is 10.2 Å². The van der Waals surface area contributed by atoms with Crippen molar-refractivity contribution in [2.75, 3.05) is 44.3 Å². The van der Waals surface area contributed by atoms with Crippen LogP contribution >= 0.6 is 0 Å². The lowest BCUT2D eigenvalue weighted by molar-refractivity contribution is 0.122. The van der Waals surface area contributed by atoms with Gasteiger partial charge in [0.15, 0.2) is 0 Å². The second-order valence-electron chi connectivity index (χ2n) is 7.49. The normalized spacial score (nSPS) is 28.3. The molecule has 0 amide bonds. The fourth-order valence-electron chi connectivity index (χ4n) is 4.79. The topological polar surface area (TPSA) is 45.6 Å². The molecule has 0 spiro atoms. The molecule has 1 aromatic heterocycles. The van der Waals surface area contributed by atoms with E-state index in [0.717, 1.165) is 44.6 Å². The van der Waals surface area contributed by atoms with Crippen LogP contribution in [0.5, 0.6) is 0 Å². The predicted octanol–water partition coefficient (Wildman–Crippen LogP) is 1.28. The molecular weight excluding hydrogens is 302 g/mol. The number of aromatic nitrogens is 2. The van der Waals surface area contributed by atoms with Gasteiger partial charge in [0.1, 0.15) is 5.82 Å². The van der Waals surface area contributed by atoms with Gasteiger partial charge in [-0.1, -0.05) is 6.42 Å². The van der Waals surface area contributed by atoms with E-state index in [-0.39, 0.29) is 0 Å². The summed E-state index contributed by atoms with van der Waals surface area (Å²) >= 11 is 0. The van der Waals surface area contributed by atoms with E-state index < -0.39 is 0 Å². The molecule has 3 aliphatic rings. The Balaban J connectivity index is 1.46. The molecule has 6 nitrogen and oxygen atoms in total. The average molecular weight is 333 g/mol. The number of ether oxygens (including phenoxy) is 1. The zero-order chi connectivity index (χ0) is 16.5. The Hall–Kier alpha value is -1.11. The second-order valence-corrected chi connectivity index (χ2v) is 7.49. The molecule has 4 heterocycles. The molecule has 134 valence electrons. The van der Waals surface area contributed by atoms with E-state index in [9.17, 15) is 0 Å². The first-order valence-corrected chi connectivity index (χ1v) is 9.56. The zero-order valence-corrected chi connectivity index (χ0v) is 15.1. The molecule has 3 fully saturated rings. The number of nitrogens with one attached hydrogen (secondary N) is 1. The van der Waals surface area contributed by atoms with Gasteiger partial charge >= 0.3 is 0 Å². The maximum atomic E-state index is 5.52. The van der Waals surface area contributed by atoms with Crippen LogP contribution in [-0.4, -0.2) is 66.2 Å². The first kappa shape index (κ1) is 16.4. The third kappa shape index (κ3) is 3.07. The number of morpholine rings is 1. The Labute approximate surface area is 145 Å². The van der Waals surface area contributed by atoms with Crippen molar-refractivity contribution in [1.82, 2.24) is 20.0 Å². The smallest absolute Gasteiger partial charge is 0.131 e. The van der Waals surface area contributed by atoms with Crippen molar-refractivity contribution in [3.8, 4) is 0 Å². The summed E-state index contributed by atoms with van der Waals surface area (Å²) in [5.41, 5.74) is 2.53. The third-order valence-electron chi connectivity index (χ3n) is 6.02. The highest BCUT2D eigenvalue weighted by molar-refractivity contribution is 5.50. The first-order valence-electron chi connectivity index (χ1n) is 9.56. The third-order valence-corrected chi connectivity index (χ3v) is 6.02. The summed E-state index contributed by atoms with van der Waals surface area (Å²) in [5, 5.41) is 8.57. The summed E-state index contributed by atoms with van der Waals surface area (Å²) in [5.74, 6) is 1.28. The Morgan fingerprint density at radius 1 is 1.12 bits per heavy atom. The summed E-state index contributed by atoms with van der Waals surface area (Å²) in [6.07, 6.45) is 5.42. The van der Waals surface area contributed by atoms with E-state index in [1.54, 1.807) is 0 Å². The number of anilines is 1. The number of aryl methyl sites for hydroxylation is 2. The fraction of sp³-hybridized carbons (Fsp3) is 0.833. The number of piperidine rings is 1. The lowest BCUT2D eigenvalue weighted by Gasteiger charge is -2.33. The van der Waals surface area contributed by atoms with Gasteiger partial charge in [-0.25, -0.2) is 0 Å². The number of hydrogen-bond donors (Lipinski definition) is 1. The summed E-state index contributed by atoms with van der Waals surface area (Å²) in [4.78, 5) is 5.13. The summed E-state index contributed by atoms with van der Waals surface area (Å²) in [6, 6.07) is 1.39. The van der Waals surface area contributed by atoms with Crippen LogP contribution in [0, 0.1) is 6.92 Å². The molecule has 3 saturated heterocycles. The molecule has 2 atom stereocenters. The van der Waals surface area contributed by atoms with Crippen LogP contribution in [-0.2, 0) is 18.3 Å². The predicted molar refractivity (Wildman–Crippen MR) is 95.4 cm³/mol.